The Morgan fingerprint density at radius 1 is 1.00 bits per heavy atom. The molecule has 2 rings (SSSR count). The van der Waals surface area contributed by atoms with Gasteiger partial charge >= 0.3 is 0 Å². The molecule has 0 radical (unpaired) electrons. The van der Waals surface area contributed by atoms with E-state index in [0.29, 0.717) is 0 Å². The fourth-order valence-corrected chi connectivity index (χ4v) is 2.03. The molecule has 1 heterocycles. The Labute approximate surface area is 119 Å². The van der Waals surface area contributed by atoms with Crippen molar-refractivity contribution < 1.29 is 9.47 Å². The Kier molecular flexibility index (Phi) is 4.82. The average molecular weight is 272 g/mol. The Morgan fingerprint density at radius 3 is 2.25 bits per heavy atom. The molecule has 0 amide bonds. The summed E-state index contributed by atoms with van der Waals surface area (Å²) in [5.74, 6) is 2.37. The summed E-state index contributed by atoms with van der Waals surface area (Å²) in [5, 5.41) is 3.29. The summed E-state index contributed by atoms with van der Waals surface area (Å²) in [7, 11) is 3.30. The predicted molar refractivity (Wildman–Crippen MR) is 81.6 cm³/mol. The van der Waals surface area contributed by atoms with E-state index in [1.165, 1.54) is 0 Å². The molecule has 0 saturated heterocycles. The summed E-state index contributed by atoms with van der Waals surface area (Å²) in [6, 6.07) is 11.6. The summed E-state index contributed by atoms with van der Waals surface area (Å²) >= 11 is 0. The van der Waals surface area contributed by atoms with Crippen LogP contribution in [0, 0.1) is 0 Å². The quantitative estimate of drug-likeness (QED) is 0.872. The fraction of sp³-hybridized carbons (Fsp3) is 0.312. The lowest BCUT2D eigenvalue weighted by atomic mass is 10.1. The largest absolute Gasteiger partial charge is 0.496 e. The number of methoxy groups -OCH3 is 2. The maximum Gasteiger partial charge on any atom is 0.132 e. The molecule has 0 atom stereocenters. The lowest BCUT2D eigenvalue weighted by Crippen LogP contribution is -2.02. The number of nitrogens with one attached hydrogen (secondary N) is 1. The number of hydrogen-bond acceptors (Lipinski definition) is 4. The standard InChI is InChI=1S/C16H20N2O2/c1-4-11-17-15-10-5-7-12(18-15)16-13(19-2)8-6-9-14(16)20-3/h5-10H,4,11H2,1-3H3,(H,17,18). The highest BCUT2D eigenvalue weighted by molar-refractivity contribution is 5.75. The first-order chi connectivity index (χ1) is 9.80. The second-order valence-electron chi connectivity index (χ2n) is 4.37. The van der Waals surface area contributed by atoms with E-state index < -0.39 is 0 Å². The van der Waals surface area contributed by atoms with Gasteiger partial charge in [0, 0.05) is 6.54 Å². The normalized spacial score (nSPS) is 10.2. The molecular formula is C16H20N2O2. The first-order valence-electron chi connectivity index (χ1n) is 6.72. The van der Waals surface area contributed by atoms with Crippen molar-refractivity contribution in [3.05, 3.63) is 36.4 Å². The molecule has 0 aliphatic carbocycles. The first-order valence-corrected chi connectivity index (χ1v) is 6.72. The van der Waals surface area contributed by atoms with Gasteiger partial charge in [0.1, 0.15) is 17.3 Å². The van der Waals surface area contributed by atoms with Gasteiger partial charge < -0.3 is 14.8 Å². The third-order valence-electron chi connectivity index (χ3n) is 2.99. The summed E-state index contributed by atoms with van der Waals surface area (Å²) < 4.78 is 10.8. The van der Waals surface area contributed by atoms with Gasteiger partial charge in [0.15, 0.2) is 0 Å². The van der Waals surface area contributed by atoms with Crippen LogP contribution in [-0.2, 0) is 0 Å². The Hall–Kier alpha value is -2.23. The van der Waals surface area contributed by atoms with Crippen LogP contribution in [0.25, 0.3) is 11.3 Å². The molecule has 20 heavy (non-hydrogen) atoms. The number of benzene rings is 1. The highest BCUT2D eigenvalue weighted by Crippen LogP contribution is 2.37. The molecule has 0 saturated carbocycles. The SMILES string of the molecule is CCCNc1cccc(-c2c(OC)cccc2OC)n1. The molecule has 4 nitrogen and oxygen atoms in total. The average Bonchev–Trinajstić information content (AvgIpc) is 2.52. The highest BCUT2D eigenvalue weighted by Gasteiger charge is 2.13. The molecule has 2 aromatic rings. The van der Waals surface area contributed by atoms with E-state index in [1.807, 2.05) is 36.4 Å². The van der Waals surface area contributed by atoms with Gasteiger partial charge in [-0.1, -0.05) is 19.1 Å². The number of pyridine rings is 1. The van der Waals surface area contributed by atoms with Gasteiger partial charge in [-0.15, -0.1) is 0 Å². The van der Waals surface area contributed by atoms with Crippen LogP contribution >= 0.6 is 0 Å². The molecule has 0 aliphatic rings. The van der Waals surface area contributed by atoms with Gasteiger partial charge in [-0.3, -0.25) is 0 Å². The molecule has 106 valence electrons. The van der Waals surface area contributed by atoms with Crippen LogP contribution in [0.4, 0.5) is 5.82 Å². The Morgan fingerprint density at radius 2 is 1.65 bits per heavy atom. The van der Waals surface area contributed by atoms with Crippen molar-refractivity contribution >= 4 is 5.82 Å². The molecule has 1 aromatic carbocycles. The van der Waals surface area contributed by atoms with Crippen LogP contribution in [-0.4, -0.2) is 25.7 Å². The van der Waals surface area contributed by atoms with Crippen molar-refractivity contribution in [2.24, 2.45) is 0 Å². The number of aromatic nitrogens is 1. The third kappa shape index (κ3) is 3.02. The molecule has 1 N–H and O–H groups in total. The fourth-order valence-electron chi connectivity index (χ4n) is 2.03. The molecule has 0 bridgehead atoms. The maximum absolute atomic E-state index is 5.42. The predicted octanol–water partition coefficient (Wildman–Crippen LogP) is 3.59. The Bertz CT molecular complexity index is 548. The second kappa shape index (κ2) is 6.80. The number of nitrogens with zero attached hydrogens (tertiary/aromatic N) is 1. The van der Waals surface area contributed by atoms with Gasteiger partial charge in [0.25, 0.3) is 0 Å². The minimum absolute atomic E-state index is 0.754. The van der Waals surface area contributed by atoms with Gasteiger partial charge in [0.2, 0.25) is 0 Å². The number of rotatable bonds is 6. The molecule has 0 unspecified atom stereocenters. The van der Waals surface area contributed by atoms with E-state index >= 15 is 0 Å². The van der Waals surface area contributed by atoms with Crippen LogP contribution < -0.4 is 14.8 Å². The number of anilines is 1. The van der Waals surface area contributed by atoms with Crippen LogP contribution in [0.5, 0.6) is 11.5 Å². The molecular weight excluding hydrogens is 252 g/mol. The van der Waals surface area contributed by atoms with Gasteiger partial charge in [-0.25, -0.2) is 4.98 Å². The van der Waals surface area contributed by atoms with E-state index in [-0.39, 0.29) is 0 Å². The van der Waals surface area contributed by atoms with E-state index in [4.69, 9.17) is 9.47 Å². The zero-order chi connectivity index (χ0) is 14.4. The smallest absolute Gasteiger partial charge is 0.132 e. The highest BCUT2D eigenvalue weighted by atomic mass is 16.5. The van der Waals surface area contributed by atoms with E-state index in [0.717, 1.165) is 41.5 Å². The minimum Gasteiger partial charge on any atom is -0.496 e. The van der Waals surface area contributed by atoms with Crippen molar-refractivity contribution in [1.82, 2.24) is 4.98 Å². The Balaban J connectivity index is 2.45. The molecule has 0 spiro atoms. The molecule has 0 aliphatic heterocycles. The van der Waals surface area contributed by atoms with E-state index in [9.17, 15) is 0 Å². The summed E-state index contributed by atoms with van der Waals surface area (Å²) in [6.45, 7) is 3.03. The lowest BCUT2D eigenvalue weighted by Gasteiger charge is -2.13. The van der Waals surface area contributed by atoms with Crippen molar-refractivity contribution in [3.8, 4) is 22.8 Å². The first kappa shape index (κ1) is 14.2. The molecule has 0 fully saturated rings. The summed E-state index contributed by atoms with van der Waals surface area (Å²) in [4.78, 5) is 4.63. The van der Waals surface area contributed by atoms with Gasteiger partial charge in [-0.2, -0.15) is 0 Å². The number of hydrogen-bond donors (Lipinski definition) is 1. The van der Waals surface area contributed by atoms with Crippen molar-refractivity contribution in [2.45, 2.75) is 13.3 Å². The second-order valence-corrected chi connectivity index (χ2v) is 4.37. The van der Waals surface area contributed by atoms with Crippen molar-refractivity contribution in [2.75, 3.05) is 26.1 Å². The van der Waals surface area contributed by atoms with E-state index in [2.05, 4.69) is 17.2 Å². The summed E-state index contributed by atoms with van der Waals surface area (Å²) in [5.41, 5.74) is 1.71. The van der Waals surface area contributed by atoms with Gasteiger partial charge in [0.05, 0.1) is 25.5 Å². The zero-order valence-electron chi connectivity index (χ0n) is 12.1. The summed E-state index contributed by atoms with van der Waals surface area (Å²) in [6.07, 6.45) is 1.06. The zero-order valence-corrected chi connectivity index (χ0v) is 12.1. The van der Waals surface area contributed by atoms with Crippen LogP contribution in [0.3, 0.4) is 0 Å². The lowest BCUT2D eigenvalue weighted by molar-refractivity contribution is 0.397. The minimum atomic E-state index is 0.754. The third-order valence-corrected chi connectivity index (χ3v) is 2.99. The van der Waals surface area contributed by atoms with Crippen molar-refractivity contribution in [3.63, 3.8) is 0 Å². The van der Waals surface area contributed by atoms with Crippen LogP contribution in [0.2, 0.25) is 0 Å². The van der Waals surface area contributed by atoms with E-state index in [1.54, 1.807) is 14.2 Å². The molecule has 1 aromatic heterocycles. The monoisotopic (exact) mass is 272 g/mol. The number of ether oxygens (including phenoxy) is 2. The van der Waals surface area contributed by atoms with Crippen molar-refractivity contribution in [1.29, 1.82) is 0 Å². The van der Waals surface area contributed by atoms with Gasteiger partial charge in [-0.05, 0) is 30.7 Å². The maximum atomic E-state index is 5.42. The van der Waals surface area contributed by atoms with Crippen LogP contribution in [0.15, 0.2) is 36.4 Å². The molecule has 4 heteroatoms. The topological polar surface area (TPSA) is 43.4 Å². The van der Waals surface area contributed by atoms with Crippen LogP contribution in [0.1, 0.15) is 13.3 Å².